The Hall–Kier alpha value is -1.87. The zero-order valence-electron chi connectivity index (χ0n) is 9.14. The van der Waals surface area contributed by atoms with E-state index in [1.54, 1.807) is 13.2 Å². The lowest BCUT2D eigenvalue weighted by Crippen LogP contribution is -1.91. The van der Waals surface area contributed by atoms with Crippen LogP contribution in [-0.2, 0) is 0 Å². The number of benzene rings is 2. The van der Waals surface area contributed by atoms with Gasteiger partial charge >= 0.3 is 0 Å². The lowest BCUT2D eigenvalue weighted by atomic mass is 10.2. The maximum absolute atomic E-state index is 6.11. The zero-order valence-corrected chi connectivity index (χ0v) is 9.90. The Morgan fingerprint density at radius 2 is 1.65 bits per heavy atom. The minimum Gasteiger partial charge on any atom is -0.494 e. The van der Waals surface area contributed by atoms with Gasteiger partial charge in [-0.2, -0.15) is 0 Å². The summed E-state index contributed by atoms with van der Waals surface area (Å²) < 4.78 is 5.27. The molecule has 3 nitrogen and oxygen atoms in total. The maximum atomic E-state index is 6.11. The third-order valence-electron chi connectivity index (χ3n) is 2.63. The highest BCUT2D eigenvalue weighted by atomic mass is 35.5. The fraction of sp³-hybridized carbons (Fsp3) is 0.0769. The molecule has 3 rings (SSSR count). The SMILES string of the molecule is COc1cccc2nc3cccc(Cl)c3nc12. The van der Waals surface area contributed by atoms with Crippen molar-refractivity contribution < 1.29 is 4.74 Å². The first kappa shape index (κ1) is 10.3. The van der Waals surface area contributed by atoms with Crippen LogP contribution in [0.4, 0.5) is 0 Å². The predicted octanol–water partition coefficient (Wildman–Crippen LogP) is 3.45. The Balaban J connectivity index is 2.49. The molecule has 0 aliphatic rings. The summed E-state index contributed by atoms with van der Waals surface area (Å²) in [7, 11) is 1.62. The second-order valence-electron chi connectivity index (χ2n) is 3.66. The fourth-order valence-electron chi connectivity index (χ4n) is 1.82. The van der Waals surface area contributed by atoms with Gasteiger partial charge in [-0.25, -0.2) is 9.97 Å². The van der Waals surface area contributed by atoms with Gasteiger partial charge in [-0.3, -0.25) is 0 Å². The largest absolute Gasteiger partial charge is 0.494 e. The van der Waals surface area contributed by atoms with Crippen molar-refractivity contribution in [3.05, 3.63) is 41.4 Å². The number of hydrogen-bond acceptors (Lipinski definition) is 3. The molecule has 2 aromatic carbocycles. The van der Waals surface area contributed by atoms with E-state index in [4.69, 9.17) is 16.3 Å². The van der Waals surface area contributed by atoms with E-state index in [9.17, 15) is 0 Å². The molecule has 17 heavy (non-hydrogen) atoms. The number of para-hydroxylation sites is 2. The smallest absolute Gasteiger partial charge is 0.146 e. The first-order valence-corrected chi connectivity index (χ1v) is 5.56. The molecule has 1 heterocycles. The normalized spacial score (nSPS) is 10.9. The van der Waals surface area contributed by atoms with Crippen LogP contribution < -0.4 is 4.74 Å². The standard InChI is InChI=1S/C13H9ClN2O/c1-17-11-7-3-6-10-13(11)16-12-8(14)4-2-5-9(12)15-10/h2-7H,1H3. The van der Waals surface area contributed by atoms with E-state index in [-0.39, 0.29) is 0 Å². The Kier molecular flexibility index (Phi) is 2.34. The van der Waals surface area contributed by atoms with E-state index < -0.39 is 0 Å². The minimum atomic E-state index is 0.600. The topological polar surface area (TPSA) is 35.0 Å². The van der Waals surface area contributed by atoms with Crippen LogP contribution in [0.2, 0.25) is 5.02 Å². The van der Waals surface area contributed by atoms with Crippen LogP contribution in [0.25, 0.3) is 22.1 Å². The van der Waals surface area contributed by atoms with Crippen LogP contribution in [0.5, 0.6) is 5.75 Å². The molecule has 0 amide bonds. The van der Waals surface area contributed by atoms with E-state index in [0.717, 1.165) is 16.6 Å². The van der Waals surface area contributed by atoms with E-state index in [1.807, 2.05) is 30.3 Å². The molecule has 4 heteroatoms. The molecule has 0 aliphatic carbocycles. The molecule has 0 atom stereocenters. The minimum absolute atomic E-state index is 0.600. The molecule has 0 saturated carbocycles. The molecule has 0 spiro atoms. The summed E-state index contributed by atoms with van der Waals surface area (Å²) in [6, 6.07) is 11.2. The highest BCUT2D eigenvalue weighted by Crippen LogP contribution is 2.27. The Morgan fingerprint density at radius 1 is 0.941 bits per heavy atom. The predicted molar refractivity (Wildman–Crippen MR) is 68.6 cm³/mol. The van der Waals surface area contributed by atoms with Crippen LogP contribution in [0.3, 0.4) is 0 Å². The second kappa shape index (κ2) is 3.86. The van der Waals surface area contributed by atoms with Gasteiger partial charge < -0.3 is 4.74 Å². The molecular formula is C13H9ClN2O. The van der Waals surface area contributed by atoms with Crippen LogP contribution in [0, 0.1) is 0 Å². The molecular weight excluding hydrogens is 236 g/mol. The molecule has 0 unspecified atom stereocenters. The molecule has 0 N–H and O–H groups in total. The van der Waals surface area contributed by atoms with Crippen molar-refractivity contribution >= 4 is 33.7 Å². The third-order valence-corrected chi connectivity index (χ3v) is 2.93. The quantitative estimate of drug-likeness (QED) is 0.615. The van der Waals surface area contributed by atoms with Crippen LogP contribution >= 0.6 is 11.6 Å². The van der Waals surface area contributed by atoms with Gasteiger partial charge in [0.15, 0.2) is 0 Å². The molecule has 0 saturated heterocycles. The number of halogens is 1. The summed E-state index contributed by atoms with van der Waals surface area (Å²) in [5, 5.41) is 0.600. The Morgan fingerprint density at radius 3 is 2.41 bits per heavy atom. The highest BCUT2D eigenvalue weighted by molar-refractivity contribution is 6.35. The lowest BCUT2D eigenvalue weighted by Gasteiger charge is -2.06. The Bertz CT molecular complexity index is 712. The first-order chi connectivity index (χ1) is 8.29. The zero-order chi connectivity index (χ0) is 11.8. The number of ether oxygens (including phenoxy) is 1. The highest BCUT2D eigenvalue weighted by Gasteiger charge is 2.07. The molecule has 0 bridgehead atoms. The Labute approximate surface area is 103 Å². The fourth-order valence-corrected chi connectivity index (χ4v) is 2.04. The summed E-state index contributed by atoms with van der Waals surface area (Å²) in [5.74, 6) is 0.705. The van der Waals surface area contributed by atoms with Crippen molar-refractivity contribution in [1.29, 1.82) is 0 Å². The average molecular weight is 245 g/mol. The number of hydrogen-bond donors (Lipinski definition) is 0. The molecule has 84 valence electrons. The lowest BCUT2D eigenvalue weighted by molar-refractivity contribution is 0.419. The van der Waals surface area contributed by atoms with Crippen molar-refractivity contribution in [1.82, 2.24) is 9.97 Å². The van der Waals surface area contributed by atoms with Crippen LogP contribution in [0.1, 0.15) is 0 Å². The average Bonchev–Trinajstić information content (AvgIpc) is 2.36. The van der Waals surface area contributed by atoms with Gasteiger partial charge in [0.05, 0.1) is 23.2 Å². The molecule has 0 fully saturated rings. The van der Waals surface area contributed by atoms with Crippen molar-refractivity contribution in [3.63, 3.8) is 0 Å². The van der Waals surface area contributed by atoms with Gasteiger partial charge in [0.25, 0.3) is 0 Å². The second-order valence-corrected chi connectivity index (χ2v) is 4.07. The van der Waals surface area contributed by atoms with Gasteiger partial charge in [-0.05, 0) is 24.3 Å². The summed E-state index contributed by atoms with van der Waals surface area (Å²) in [6.07, 6.45) is 0. The maximum Gasteiger partial charge on any atom is 0.146 e. The van der Waals surface area contributed by atoms with Crippen molar-refractivity contribution in [3.8, 4) is 5.75 Å². The summed E-state index contributed by atoms with van der Waals surface area (Å²) in [6.45, 7) is 0. The summed E-state index contributed by atoms with van der Waals surface area (Å²) in [5.41, 5.74) is 3.03. The molecule has 0 radical (unpaired) electrons. The number of nitrogens with zero attached hydrogens (tertiary/aromatic N) is 2. The van der Waals surface area contributed by atoms with Crippen molar-refractivity contribution in [2.45, 2.75) is 0 Å². The van der Waals surface area contributed by atoms with E-state index in [0.29, 0.717) is 16.3 Å². The number of fused-ring (bicyclic) bond motifs is 2. The number of rotatable bonds is 1. The van der Waals surface area contributed by atoms with Gasteiger partial charge in [0.1, 0.15) is 16.8 Å². The van der Waals surface area contributed by atoms with E-state index in [1.165, 1.54) is 0 Å². The molecule has 3 aromatic rings. The molecule has 1 aromatic heterocycles. The van der Waals surface area contributed by atoms with E-state index in [2.05, 4.69) is 9.97 Å². The third kappa shape index (κ3) is 1.59. The number of methoxy groups -OCH3 is 1. The van der Waals surface area contributed by atoms with Gasteiger partial charge in [0.2, 0.25) is 0 Å². The van der Waals surface area contributed by atoms with Crippen LogP contribution in [-0.4, -0.2) is 17.1 Å². The van der Waals surface area contributed by atoms with Crippen molar-refractivity contribution in [2.24, 2.45) is 0 Å². The van der Waals surface area contributed by atoms with Gasteiger partial charge in [0, 0.05) is 0 Å². The van der Waals surface area contributed by atoms with Crippen molar-refractivity contribution in [2.75, 3.05) is 7.11 Å². The van der Waals surface area contributed by atoms with Gasteiger partial charge in [-0.1, -0.05) is 23.7 Å². The summed E-state index contributed by atoms with van der Waals surface area (Å²) in [4.78, 5) is 9.05. The van der Waals surface area contributed by atoms with E-state index >= 15 is 0 Å². The molecule has 0 aliphatic heterocycles. The van der Waals surface area contributed by atoms with Gasteiger partial charge in [-0.15, -0.1) is 0 Å². The summed E-state index contributed by atoms with van der Waals surface area (Å²) >= 11 is 6.11. The monoisotopic (exact) mass is 244 g/mol. The number of aromatic nitrogens is 2. The van der Waals surface area contributed by atoms with Crippen LogP contribution in [0.15, 0.2) is 36.4 Å². The first-order valence-electron chi connectivity index (χ1n) is 5.18.